The van der Waals surface area contributed by atoms with E-state index in [0.29, 0.717) is 18.9 Å². The number of aromatic amines is 1. The van der Waals surface area contributed by atoms with Crippen molar-refractivity contribution in [3.05, 3.63) is 30.4 Å². The lowest BCUT2D eigenvalue weighted by atomic mass is 10.5. The van der Waals surface area contributed by atoms with E-state index in [2.05, 4.69) is 25.5 Å². The Kier molecular flexibility index (Phi) is 2.95. The average Bonchev–Trinajstić information content (AvgIpc) is 2.89. The van der Waals surface area contributed by atoms with Crippen LogP contribution in [0.2, 0.25) is 0 Å². The lowest BCUT2D eigenvalue weighted by Gasteiger charge is -2.02. The smallest absolute Gasteiger partial charge is 0.291 e. The van der Waals surface area contributed by atoms with E-state index in [4.69, 9.17) is 0 Å². The minimum atomic E-state index is -0.274. The molecule has 0 aliphatic carbocycles. The highest BCUT2D eigenvalue weighted by Crippen LogP contribution is 1.90. The van der Waals surface area contributed by atoms with Crippen molar-refractivity contribution in [2.75, 3.05) is 6.54 Å². The number of imidazole rings is 1. The minimum absolute atomic E-state index is 0.170. The molecule has 2 heterocycles. The third-order valence-corrected chi connectivity index (χ3v) is 2.02. The number of aryl methyl sites for hydroxylation is 1. The minimum Gasteiger partial charge on any atom is -0.347 e. The molecular formula is C9H12N6O. The number of amides is 1. The zero-order valence-corrected chi connectivity index (χ0v) is 8.84. The molecule has 2 aromatic heterocycles. The predicted octanol–water partition coefficient (Wildman–Crippen LogP) is -0.260. The third kappa shape index (κ3) is 2.44. The highest BCUT2D eigenvalue weighted by atomic mass is 16.2. The molecule has 0 spiro atoms. The lowest BCUT2D eigenvalue weighted by Crippen LogP contribution is -2.27. The number of carbonyl (C=O) groups is 1. The molecule has 84 valence electrons. The number of nitrogens with one attached hydrogen (secondary N) is 2. The van der Waals surface area contributed by atoms with Crippen molar-refractivity contribution in [3.8, 4) is 0 Å². The van der Waals surface area contributed by atoms with Gasteiger partial charge >= 0.3 is 0 Å². The zero-order valence-electron chi connectivity index (χ0n) is 8.84. The van der Waals surface area contributed by atoms with Crippen LogP contribution >= 0.6 is 0 Å². The molecule has 7 nitrogen and oxygen atoms in total. The lowest BCUT2D eigenvalue weighted by molar-refractivity contribution is 0.0942. The molecule has 0 saturated heterocycles. The summed E-state index contributed by atoms with van der Waals surface area (Å²) in [5, 5.41) is 9.10. The number of H-pyrrole nitrogens is 1. The quantitative estimate of drug-likeness (QED) is 0.743. The van der Waals surface area contributed by atoms with Crippen molar-refractivity contribution >= 4 is 5.91 Å². The first kappa shape index (κ1) is 10.3. The SMILES string of the molecule is Cc1nc(C(=O)NCCn2ccnc2)n[nH]1. The Morgan fingerprint density at radius 2 is 2.50 bits per heavy atom. The molecule has 7 heteroatoms. The van der Waals surface area contributed by atoms with Gasteiger partial charge in [-0.05, 0) is 6.92 Å². The van der Waals surface area contributed by atoms with Crippen LogP contribution in [0.3, 0.4) is 0 Å². The largest absolute Gasteiger partial charge is 0.347 e. The van der Waals surface area contributed by atoms with Crippen LogP contribution in [-0.4, -0.2) is 37.2 Å². The molecule has 0 aromatic carbocycles. The van der Waals surface area contributed by atoms with Gasteiger partial charge in [0.2, 0.25) is 5.82 Å². The van der Waals surface area contributed by atoms with Gasteiger partial charge in [-0.1, -0.05) is 0 Å². The second-order valence-corrected chi connectivity index (χ2v) is 3.30. The van der Waals surface area contributed by atoms with Gasteiger partial charge in [-0.2, -0.15) is 0 Å². The van der Waals surface area contributed by atoms with Gasteiger partial charge in [0, 0.05) is 25.5 Å². The number of nitrogens with zero attached hydrogens (tertiary/aromatic N) is 4. The van der Waals surface area contributed by atoms with E-state index in [9.17, 15) is 4.79 Å². The Hall–Kier alpha value is -2.18. The summed E-state index contributed by atoms with van der Waals surface area (Å²) in [6, 6.07) is 0. The number of rotatable bonds is 4. The fourth-order valence-electron chi connectivity index (χ4n) is 1.24. The second kappa shape index (κ2) is 4.56. The Labute approximate surface area is 91.9 Å². The van der Waals surface area contributed by atoms with Crippen LogP contribution in [0.25, 0.3) is 0 Å². The second-order valence-electron chi connectivity index (χ2n) is 3.30. The van der Waals surface area contributed by atoms with Crippen LogP contribution < -0.4 is 5.32 Å². The van der Waals surface area contributed by atoms with Crippen LogP contribution in [0, 0.1) is 6.92 Å². The van der Waals surface area contributed by atoms with Gasteiger partial charge in [-0.25, -0.2) is 9.97 Å². The Morgan fingerprint density at radius 1 is 1.62 bits per heavy atom. The predicted molar refractivity (Wildman–Crippen MR) is 55.7 cm³/mol. The van der Waals surface area contributed by atoms with Gasteiger partial charge in [0.25, 0.3) is 5.91 Å². The summed E-state index contributed by atoms with van der Waals surface area (Å²) >= 11 is 0. The average molecular weight is 220 g/mol. The Morgan fingerprint density at radius 3 is 3.12 bits per heavy atom. The molecule has 2 rings (SSSR count). The van der Waals surface area contributed by atoms with Crippen LogP contribution in [0.15, 0.2) is 18.7 Å². The molecule has 0 fully saturated rings. The number of aromatic nitrogens is 5. The van der Waals surface area contributed by atoms with E-state index in [-0.39, 0.29) is 11.7 Å². The molecule has 2 aromatic rings. The summed E-state index contributed by atoms with van der Waals surface area (Å²) in [5.74, 6) is 0.521. The van der Waals surface area contributed by atoms with E-state index in [1.807, 2.05) is 10.8 Å². The topological polar surface area (TPSA) is 88.5 Å². The van der Waals surface area contributed by atoms with E-state index < -0.39 is 0 Å². The summed E-state index contributed by atoms with van der Waals surface area (Å²) in [6.07, 6.45) is 5.23. The molecule has 0 saturated carbocycles. The molecular weight excluding hydrogens is 208 g/mol. The van der Waals surface area contributed by atoms with Gasteiger partial charge in [0.1, 0.15) is 5.82 Å². The summed E-state index contributed by atoms with van der Waals surface area (Å²) in [5.41, 5.74) is 0. The fourth-order valence-corrected chi connectivity index (χ4v) is 1.24. The fraction of sp³-hybridized carbons (Fsp3) is 0.333. The molecule has 0 bridgehead atoms. The summed E-state index contributed by atoms with van der Waals surface area (Å²) in [4.78, 5) is 19.3. The van der Waals surface area contributed by atoms with Crippen LogP contribution in [0.4, 0.5) is 0 Å². The van der Waals surface area contributed by atoms with E-state index in [1.165, 1.54) is 0 Å². The third-order valence-electron chi connectivity index (χ3n) is 2.02. The van der Waals surface area contributed by atoms with Crippen molar-refractivity contribution in [1.82, 2.24) is 30.0 Å². The maximum Gasteiger partial charge on any atom is 0.291 e. The monoisotopic (exact) mass is 220 g/mol. The molecule has 0 aliphatic heterocycles. The first-order valence-electron chi connectivity index (χ1n) is 4.88. The molecule has 16 heavy (non-hydrogen) atoms. The molecule has 0 unspecified atom stereocenters. The van der Waals surface area contributed by atoms with Gasteiger partial charge < -0.3 is 9.88 Å². The molecule has 2 N–H and O–H groups in total. The first-order valence-corrected chi connectivity index (χ1v) is 4.88. The van der Waals surface area contributed by atoms with Gasteiger partial charge in [-0.15, -0.1) is 5.10 Å². The van der Waals surface area contributed by atoms with Crippen molar-refractivity contribution in [3.63, 3.8) is 0 Å². The van der Waals surface area contributed by atoms with E-state index >= 15 is 0 Å². The van der Waals surface area contributed by atoms with Gasteiger partial charge in [0.05, 0.1) is 6.33 Å². The van der Waals surface area contributed by atoms with E-state index in [1.54, 1.807) is 19.4 Å². The molecule has 0 aliphatic rings. The Balaban J connectivity index is 1.80. The molecule has 1 amide bonds. The summed E-state index contributed by atoms with van der Waals surface area (Å²) < 4.78 is 1.88. The van der Waals surface area contributed by atoms with Crippen LogP contribution in [0.5, 0.6) is 0 Å². The van der Waals surface area contributed by atoms with Crippen molar-refractivity contribution in [2.45, 2.75) is 13.5 Å². The van der Waals surface area contributed by atoms with Crippen LogP contribution in [-0.2, 0) is 6.54 Å². The normalized spacial score (nSPS) is 10.3. The highest BCUT2D eigenvalue weighted by Gasteiger charge is 2.09. The van der Waals surface area contributed by atoms with Crippen molar-refractivity contribution in [1.29, 1.82) is 0 Å². The van der Waals surface area contributed by atoms with E-state index in [0.717, 1.165) is 0 Å². The summed E-state index contributed by atoms with van der Waals surface area (Å²) in [6.45, 7) is 2.94. The number of hydrogen-bond acceptors (Lipinski definition) is 4. The number of hydrogen-bond donors (Lipinski definition) is 2. The molecule has 0 radical (unpaired) electrons. The Bertz CT molecular complexity index is 460. The maximum absolute atomic E-state index is 11.5. The highest BCUT2D eigenvalue weighted by molar-refractivity contribution is 5.90. The van der Waals surface area contributed by atoms with Crippen molar-refractivity contribution in [2.24, 2.45) is 0 Å². The molecule has 0 atom stereocenters. The van der Waals surface area contributed by atoms with Gasteiger partial charge in [0.15, 0.2) is 0 Å². The van der Waals surface area contributed by atoms with Crippen LogP contribution in [0.1, 0.15) is 16.4 Å². The maximum atomic E-state index is 11.5. The first-order chi connectivity index (χ1) is 7.75. The van der Waals surface area contributed by atoms with Crippen molar-refractivity contribution < 1.29 is 4.79 Å². The standard InChI is InChI=1S/C9H12N6O/c1-7-12-8(14-13-7)9(16)11-3-5-15-4-2-10-6-15/h2,4,6H,3,5H2,1H3,(H,11,16)(H,12,13,14). The number of carbonyl (C=O) groups excluding carboxylic acids is 1. The zero-order chi connectivity index (χ0) is 11.4. The van der Waals surface area contributed by atoms with Gasteiger partial charge in [-0.3, -0.25) is 9.89 Å². The summed E-state index contributed by atoms with van der Waals surface area (Å²) in [7, 11) is 0.